The molecule has 2 amide bonds. The van der Waals surface area contributed by atoms with E-state index in [4.69, 9.17) is 19.1 Å². The molecule has 160 valence electrons. The number of nitrogens with zero attached hydrogens (tertiary/aromatic N) is 3. The minimum absolute atomic E-state index is 0.0626. The topological polar surface area (TPSA) is 104 Å². The highest BCUT2D eigenvalue weighted by Crippen LogP contribution is 2.33. The minimum Gasteiger partial charge on any atom is -0.483 e. The summed E-state index contributed by atoms with van der Waals surface area (Å²) in [7, 11) is 1.76. The average molecular weight is 407 g/mol. The first-order chi connectivity index (χ1) is 14.0. The van der Waals surface area contributed by atoms with Gasteiger partial charge in [-0.1, -0.05) is 0 Å². The maximum Gasteiger partial charge on any atom is 0.410 e. The molecule has 29 heavy (non-hydrogen) atoms. The van der Waals surface area contributed by atoms with Gasteiger partial charge in [0.05, 0.1) is 13.1 Å². The molecule has 3 aliphatic heterocycles. The lowest BCUT2D eigenvalue weighted by Gasteiger charge is -2.25. The molecular weight excluding hydrogens is 378 g/mol. The lowest BCUT2D eigenvalue weighted by atomic mass is 9.95. The molecule has 1 atom stereocenters. The van der Waals surface area contributed by atoms with Gasteiger partial charge < -0.3 is 24.1 Å². The van der Waals surface area contributed by atoms with Crippen LogP contribution >= 0.6 is 0 Å². The molecule has 1 aromatic heterocycles. The third-order valence-corrected chi connectivity index (χ3v) is 5.78. The van der Waals surface area contributed by atoms with Crippen LogP contribution in [0.25, 0.3) is 0 Å². The van der Waals surface area contributed by atoms with Crippen molar-refractivity contribution in [3.8, 4) is 0 Å². The van der Waals surface area contributed by atoms with Gasteiger partial charge in [-0.3, -0.25) is 14.5 Å². The van der Waals surface area contributed by atoms with Crippen LogP contribution < -0.4 is 0 Å². The fourth-order valence-corrected chi connectivity index (χ4v) is 4.32. The molecule has 0 saturated carbocycles. The Morgan fingerprint density at radius 1 is 1.17 bits per heavy atom. The molecule has 1 N–H and O–H groups in total. The van der Waals surface area contributed by atoms with E-state index in [9.17, 15) is 9.59 Å². The molecule has 9 heteroatoms. The number of ether oxygens (including phenoxy) is 1. The molecule has 3 aliphatic rings. The molecule has 0 aliphatic carbocycles. The van der Waals surface area contributed by atoms with Crippen LogP contribution in [0.15, 0.2) is 16.5 Å². The number of rotatable bonds is 3. The summed E-state index contributed by atoms with van der Waals surface area (Å²) in [5.74, 6) is 1.20. The van der Waals surface area contributed by atoms with Gasteiger partial charge in [-0.15, -0.1) is 0 Å². The first-order valence-corrected chi connectivity index (χ1v) is 10.1. The van der Waals surface area contributed by atoms with Gasteiger partial charge >= 0.3 is 6.09 Å². The van der Waals surface area contributed by atoms with Crippen molar-refractivity contribution in [1.29, 1.82) is 0 Å². The highest BCUT2D eigenvalue weighted by Gasteiger charge is 2.44. The van der Waals surface area contributed by atoms with Crippen molar-refractivity contribution in [1.82, 2.24) is 14.7 Å². The average Bonchev–Trinajstić information content (AvgIpc) is 3.38. The van der Waals surface area contributed by atoms with Crippen LogP contribution in [-0.4, -0.2) is 83.7 Å². The number of likely N-dealkylation sites (tertiary alicyclic amines) is 2. The predicted molar refractivity (Wildman–Crippen MR) is 104 cm³/mol. The number of hydrogen-bond donors (Lipinski definition) is 1. The Kier molecular flexibility index (Phi) is 6.79. The third-order valence-electron chi connectivity index (χ3n) is 5.78. The summed E-state index contributed by atoms with van der Waals surface area (Å²) in [4.78, 5) is 38.7. The van der Waals surface area contributed by atoms with E-state index < -0.39 is 5.60 Å². The Hall–Kier alpha value is -2.55. The molecule has 0 bridgehead atoms. The lowest BCUT2D eigenvalue weighted by molar-refractivity contribution is -0.122. The first-order valence-electron chi connectivity index (χ1n) is 10.1. The Morgan fingerprint density at radius 2 is 1.90 bits per heavy atom. The summed E-state index contributed by atoms with van der Waals surface area (Å²) in [5, 5.41) is 6.89. The van der Waals surface area contributed by atoms with Crippen LogP contribution in [0.4, 0.5) is 4.79 Å². The van der Waals surface area contributed by atoms with E-state index in [1.54, 1.807) is 18.0 Å². The Bertz CT molecular complexity index is 730. The SMILES string of the molecule is CN1CC2(CCCN(C(=O)c3ccc(CN4CCCC4)o3)CC2)OC1=O.O=CO. The Labute approximate surface area is 170 Å². The van der Waals surface area contributed by atoms with E-state index in [1.807, 2.05) is 11.0 Å². The highest BCUT2D eigenvalue weighted by atomic mass is 16.6. The predicted octanol–water partition coefficient (Wildman–Crippen LogP) is 2.02. The fraction of sp³-hybridized carbons (Fsp3) is 0.650. The third kappa shape index (κ3) is 5.09. The van der Waals surface area contributed by atoms with E-state index >= 15 is 0 Å². The van der Waals surface area contributed by atoms with Gasteiger partial charge in [0.15, 0.2) is 5.76 Å². The standard InChI is InChI=1S/C19H27N3O4.CH2O2/c1-20-14-19(26-18(20)24)7-4-11-22(12-8-19)17(23)16-6-5-15(25-16)13-21-9-2-3-10-21;2-1-3/h5-6H,2-4,7-14H2,1H3;1H,(H,2,3). The number of carboxylic acid groups (broad SMARTS) is 1. The van der Waals surface area contributed by atoms with E-state index in [0.29, 0.717) is 31.8 Å². The van der Waals surface area contributed by atoms with Crippen molar-refractivity contribution < 1.29 is 28.6 Å². The van der Waals surface area contributed by atoms with E-state index in [-0.39, 0.29) is 18.5 Å². The van der Waals surface area contributed by atoms with Gasteiger partial charge in [0, 0.05) is 26.6 Å². The maximum absolute atomic E-state index is 12.8. The first kappa shape index (κ1) is 21.2. The van der Waals surface area contributed by atoms with Crippen molar-refractivity contribution in [2.45, 2.75) is 44.2 Å². The molecule has 9 nitrogen and oxygen atoms in total. The van der Waals surface area contributed by atoms with Gasteiger partial charge in [0.1, 0.15) is 11.4 Å². The number of furan rings is 1. The number of hydrogen-bond acceptors (Lipinski definition) is 6. The second kappa shape index (κ2) is 9.30. The van der Waals surface area contributed by atoms with Crippen LogP contribution in [0.2, 0.25) is 0 Å². The normalized spacial score (nSPS) is 24.8. The van der Waals surface area contributed by atoms with Crippen molar-refractivity contribution in [2.75, 3.05) is 39.8 Å². The fourth-order valence-electron chi connectivity index (χ4n) is 4.32. The quantitative estimate of drug-likeness (QED) is 0.765. The summed E-state index contributed by atoms with van der Waals surface area (Å²) >= 11 is 0. The molecular formula is C20H29N3O6. The molecule has 4 rings (SSSR count). The summed E-state index contributed by atoms with van der Waals surface area (Å²) in [6.45, 7) is 4.59. The van der Waals surface area contributed by atoms with Crippen LogP contribution in [-0.2, 0) is 16.1 Å². The van der Waals surface area contributed by atoms with Crippen molar-refractivity contribution in [3.05, 3.63) is 23.7 Å². The summed E-state index contributed by atoms with van der Waals surface area (Å²) in [6, 6.07) is 3.70. The van der Waals surface area contributed by atoms with E-state index in [2.05, 4.69) is 4.90 Å². The lowest BCUT2D eigenvalue weighted by Crippen LogP contribution is -2.36. The molecule has 1 unspecified atom stereocenters. The highest BCUT2D eigenvalue weighted by molar-refractivity contribution is 5.91. The maximum atomic E-state index is 12.8. The van der Waals surface area contributed by atoms with Gasteiger partial charge in [0.2, 0.25) is 0 Å². The van der Waals surface area contributed by atoms with Crippen LogP contribution in [0.5, 0.6) is 0 Å². The van der Waals surface area contributed by atoms with Crippen molar-refractivity contribution >= 4 is 18.5 Å². The minimum atomic E-state index is -0.440. The summed E-state index contributed by atoms with van der Waals surface area (Å²) in [5.41, 5.74) is -0.440. The molecule has 1 spiro atoms. The van der Waals surface area contributed by atoms with Crippen LogP contribution in [0, 0.1) is 0 Å². The molecule has 0 radical (unpaired) electrons. The second-order valence-corrected chi connectivity index (χ2v) is 7.91. The largest absolute Gasteiger partial charge is 0.483 e. The summed E-state index contributed by atoms with van der Waals surface area (Å²) < 4.78 is 11.4. The van der Waals surface area contributed by atoms with Crippen molar-refractivity contribution in [3.63, 3.8) is 0 Å². The zero-order chi connectivity index (χ0) is 20.9. The number of carbonyl (C=O) groups is 3. The number of carbonyl (C=O) groups excluding carboxylic acids is 2. The smallest absolute Gasteiger partial charge is 0.410 e. The monoisotopic (exact) mass is 407 g/mol. The zero-order valence-electron chi connectivity index (χ0n) is 16.8. The molecule has 1 aromatic rings. The van der Waals surface area contributed by atoms with Gasteiger partial charge in [-0.25, -0.2) is 4.79 Å². The van der Waals surface area contributed by atoms with Gasteiger partial charge in [-0.2, -0.15) is 0 Å². The van der Waals surface area contributed by atoms with Crippen LogP contribution in [0.3, 0.4) is 0 Å². The van der Waals surface area contributed by atoms with E-state index in [1.165, 1.54) is 12.8 Å². The Balaban J connectivity index is 0.000000755. The van der Waals surface area contributed by atoms with Crippen LogP contribution in [0.1, 0.15) is 48.4 Å². The Morgan fingerprint density at radius 3 is 2.55 bits per heavy atom. The molecule has 3 saturated heterocycles. The summed E-state index contributed by atoms with van der Waals surface area (Å²) in [6.07, 6.45) is 4.52. The molecule has 4 heterocycles. The number of amides is 2. The van der Waals surface area contributed by atoms with Crippen molar-refractivity contribution in [2.24, 2.45) is 0 Å². The number of likely N-dealkylation sites (N-methyl/N-ethyl adjacent to an activating group) is 1. The zero-order valence-corrected chi connectivity index (χ0v) is 16.8. The molecule has 0 aromatic carbocycles. The van der Waals surface area contributed by atoms with Gasteiger partial charge in [0.25, 0.3) is 12.4 Å². The molecule has 3 fully saturated rings. The second-order valence-electron chi connectivity index (χ2n) is 7.91. The van der Waals surface area contributed by atoms with E-state index in [0.717, 1.165) is 38.2 Å². The van der Waals surface area contributed by atoms with Gasteiger partial charge in [-0.05, 0) is 50.9 Å².